The van der Waals surface area contributed by atoms with Crippen molar-refractivity contribution in [1.29, 1.82) is 0 Å². The highest BCUT2D eigenvalue weighted by Gasteiger charge is 2.29. The predicted molar refractivity (Wildman–Crippen MR) is 72.2 cm³/mol. The van der Waals surface area contributed by atoms with E-state index in [0.29, 0.717) is 6.17 Å². The summed E-state index contributed by atoms with van der Waals surface area (Å²) in [5.74, 6) is -0.240. The number of aromatic nitrogens is 3. The Kier molecular flexibility index (Phi) is 3.52. The molecular weight excluding hydrogens is 245 g/mol. The second kappa shape index (κ2) is 5.10. The molecule has 0 atom stereocenters. The van der Waals surface area contributed by atoms with Gasteiger partial charge in [0.2, 0.25) is 0 Å². The molecule has 0 amide bonds. The summed E-state index contributed by atoms with van der Waals surface area (Å²) in [6, 6.07) is 6.51. The summed E-state index contributed by atoms with van der Waals surface area (Å²) in [6.45, 7) is 7.84. The van der Waals surface area contributed by atoms with Gasteiger partial charge in [0.15, 0.2) is 8.07 Å². The van der Waals surface area contributed by atoms with Gasteiger partial charge in [-0.25, -0.2) is 9.37 Å². The topological polar surface area (TPSA) is 30.7 Å². The molecule has 2 aromatic rings. The molecule has 0 aliphatic rings. The van der Waals surface area contributed by atoms with Gasteiger partial charge in [0.1, 0.15) is 18.5 Å². The highest BCUT2D eigenvalue weighted by atomic mass is 28.3. The summed E-state index contributed by atoms with van der Waals surface area (Å²) in [5, 5.41) is 5.17. The highest BCUT2D eigenvalue weighted by Crippen LogP contribution is 2.10. The lowest BCUT2D eigenvalue weighted by Gasteiger charge is -2.24. The molecule has 5 heteroatoms. The maximum absolute atomic E-state index is 13.0. The second-order valence-electron chi connectivity index (χ2n) is 4.05. The maximum atomic E-state index is 13.0. The van der Waals surface area contributed by atoms with Gasteiger partial charge in [0.25, 0.3) is 0 Å². The molecule has 3 nitrogen and oxygen atoms in total. The first-order chi connectivity index (χ1) is 8.70. The zero-order valence-electron chi connectivity index (χ0n) is 9.96. The lowest BCUT2D eigenvalue weighted by atomic mass is 10.3. The molecule has 0 spiro atoms. The fraction of sp³-hybridized carbons (Fsp3) is 0.0769. The van der Waals surface area contributed by atoms with E-state index in [4.69, 9.17) is 0 Å². The molecule has 1 aromatic carbocycles. The van der Waals surface area contributed by atoms with E-state index in [-0.39, 0.29) is 5.82 Å². The van der Waals surface area contributed by atoms with E-state index in [2.05, 4.69) is 23.2 Å². The number of halogens is 1. The summed E-state index contributed by atoms with van der Waals surface area (Å²) >= 11 is 0. The van der Waals surface area contributed by atoms with Crippen LogP contribution in [0.5, 0.6) is 0 Å². The standard InChI is InChI=1S/C13H14FN3Si/c1-3-18(4-2,11-17-10-15-9-16-17)13-7-5-12(14)6-8-13/h3-10H,1-2,11H2. The van der Waals surface area contributed by atoms with Crippen molar-refractivity contribution in [2.24, 2.45) is 0 Å². The molecule has 92 valence electrons. The monoisotopic (exact) mass is 259 g/mol. The molecule has 0 saturated heterocycles. The second-order valence-corrected chi connectivity index (χ2v) is 7.84. The van der Waals surface area contributed by atoms with Gasteiger partial charge in [-0.1, -0.05) is 23.5 Å². The molecular formula is C13H14FN3Si. The number of benzene rings is 1. The summed E-state index contributed by atoms with van der Waals surface area (Å²) in [4.78, 5) is 3.93. The van der Waals surface area contributed by atoms with Gasteiger partial charge in [-0.3, -0.25) is 4.68 Å². The molecule has 1 heterocycles. The summed E-state index contributed by atoms with van der Waals surface area (Å²) < 4.78 is 14.8. The van der Waals surface area contributed by atoms with E-state index in [1.54, 1.807) is 23.1 Å². The minimum atomic E-state index is -2.13. The van der Waals surface area contributed by atoms with Crippen molar-refractivity contribution in [2.45, 2.75) is 6.17 Å². The van der Waals surface area contributed by atoms with Gasteiger partial charge in [-0.05, 0) is 17.3 Å². The first-order valence-electron chi connectivity index (χ1n) is 5.56. The largest absolute Gasteiger partial charge is 0.255 e. The third-order valence-electron chi connectivity index (χ3n) is 3.00. The predicted octanol–water partition coefficient (Wildman–Crippen LogP) is 1.76. The van der Waals surface area contributed by atoms with Crippen LogP contribution in [0.3, 0.4) is 0 Å². The minimum Gasteiger partial charge on any atom is -0.255 e. The zero-order chi connectivity index (χ0) is 13.0. The molecule has 18 heavy (non-hydrogen) atoms. The van der Waals surface area contributed by atoms with E-state index >= 15 is 0 Å². The lowest BCUT2D eigenvalue weighted by Crippen LogP contribution is -2.49. The number of hydrogen-bond acceptors (Lipinski definition) is 2. The molecule has 0 radical (unpaired) electrons. The van der Waals surface area contributed by atoms with Crippen molar-refractivity contribution in [3.05, 3.63) is 67.3 Å². The Morgan fingerprint density at radius 2 is 1.89 bits per heavy atom. The van der Waals surface area contributed by atoms with Crippen LogP contribution in [0.15, 0.2) is 61.5 Å². The molecule has 1 aromatic heterocycles. The van der Waals surface area contributed by atoms with Crippen molar-refractivity contribution in [1.82, 2.24) is 14.8 Å². The maximum Gasteiger partial charge on any atom is 0.154 e. The molecule has 2 rings (SSSR count). The molecule has 0 aliphatic heterocycles. The molecule has 0 fully saturated rings. The van der Waals surface area contributed by atoms with Crippen molar-refractivity contribution in [3.8, 4) is 0 Å². The Hall–Kier alpha value is -2.01. The summed E-state index contributed by atoms with van der Waals surface area (Å²) in [5.41, 5.74) is 3.85. The van der Waals surface area contributed by atoms with Crippen LogP contribution in [0.4, 0.5) is 4.39 Å². The van der Waals surface area contributed by atoms with Crippen LogP contribution in [0.1, 0.15) is 0 Å². The summed E-state index contributed by atoms with van der Waals surface area (Å²) in [7, 11) is -2.13. The minimum absolute atomic E-state index is 0.240. The van der Waals surface area contributed by atoms with E-state index in [9.17, 15) is 4.39 Å². The van der Waals surface area contributed by atoms with Crippen LogP contribution >= 0.6 is 0 Å². The number of rotatable bonds is 5. The van der Waals surface area contributed by atoms with E-state index in [0.717, 1.165) is 5.19 Å². The average Bonchev–Trinajstić information content (AvgIpc) is 2.90. The average molecular weight is 259 g/mol. The Balaban J connectivity index is 2.40. The Morgan fingerprint density at radius 1 is 1.22 bits per heavy atom. The third kappa shape index (κ3) is 2.31. The van der Waals surface area contributed by atoms with Crippen LogP contribution in [0.25, 0.3) is 0 Å². The van der Waals surface area contributed by atoms with Crippen molar-refractivity contribution < 1.29 is 4.39 Å². The van der Waals surface area contributed by atoms with Crippen molar-refractivity contribution in [2.75, 3.05) is 0 Å². The third-order valence-corrected chi connectivity index (χ3v) is 6.71. The molecule has 0 N–H and O–H groups in total. The van der Waals surface area contributed by atoms with Gasteiger partial charge in [-0.2, -0.15) is 5.10 Å². The van der Waals surface area contributed by atoms with Crippen LogP contribution < -0.4 is 5.19 Å². The van der Waals surface area contributed by atoms with Crippen molar-refractivity contribution in [3.63, 3.8) is 0 Å². The van der Waals surface area contributed by atoms with E-state index in [1.165, 1.54) is 18.5 Å². The van der Waals surface area contributed by atoms with Gasteiger partial charge in [-0.15, -0.1) is 13.2 Å². The quantitative estimate of drug-likeness (QED) is 0.766. The van der Waals surface area contributed by atoms with E-state index in [1.807, 2.05) is 11.4 Å². The Bertz CT molecular complexity index is 526. The fourth-order valence-electron chi connectivity index (χ4n) is 1.88. The normalized spacial score (nSPS) is 11.2. The van der Waals surface area contributed by atoms with Gasteiger partial charge in [0.05, 0.1) is 0 Å². The fourth-order valence-corrected chi connectivity index (χ4v) is 4.45. The molecule has 0 aliphatic carbocycles. The smallest absolute Gasteiger partial charge is 0.154 e. The highest BCUT2D eigenvalue weighted by molar-refractivity contribution is 6.98. The summed E-state index contributed by atoms with van der Waals surface area (Å²) in [6.07, 6.45) is 3.83. The zero-order valence-corrected chi connectivity index (χ0v) is 11.0. The van der Waals surface area contributed by atoms with E-state index < -0.39 is 8.07 Å². The number of hydrogen-bond donors (Lipinski definition) is 0. The molecule has 0 saturated carbocycles. The van der Waals surface area contributed by atoms with Crippen LogP contribution in [-0.2, 0) is 6.17 Å². The van der Waals surface area contributed by atoms with Gasteiger partial charge in [0, 0.05) is 6.17 Å². The van der Waals surface area contributed by atoms with Gasteiger partial charge >= 0.3 is 0 Å². The Labute approximate surface area is 106 Å². The molecule has 0 unspecified atom stereocenters. The van der Waals surface area contributed by atoms with Gasteiger partial charge < -0.3 is 0 Å². The Morgan fingerprint density at radius 3 is 2.39 bits per heavy atom. The van der Waals surface area contributed by atoms with Crippen LogP contribution in [0.2, 0.25) is 0 Å². The van der Waals surface area contributed by atoms with Crippen LogP contribution in [-0.4, -0.2) is 22.8 Å². The molecule has 0 bridgehead atoms. The first-order valence-corrected chi connectivity index (χ1v) is 7.92. The SMILES string of the molecule is C=C[Si](C=C)(Cn1cncn1)c1ccc(F)cc1. The lowest BCUT2D eigenvalue weighted by molar-refractivity contribution is 0.628. The van der Waals surface area contributed by atoms with Crippen molar-refractivity contribution >= 4 is 13.3 Å². The van der Waals surface area contributed by atoms with Crippen LogP contribution in [0, 0.1) is 5.82 Å². The number of nitrogens with zero attached hydrogens (tertiary/aromatic N) is 3. The first kappa shape index (κ1) is 12.4.